The number of aromatic nitrogens is 2. The number of piperazine rings is 1. The molecular formula is C31H31ClN4O. The van der Waals surface area contributed by atoms with Crippen molar-refractivity contribution in [3.8, 4) is 11.4 Å². The summed E-state index contributed by atoms with van der Waals surface area (Å²) >= 11 is 6.12. The second-order valence-electron chi connectivity index (χ2n) is 9.46. The molecule has 5 rings (SSSR count). The molecule has 0 spiro atoms. The van der Waals surface area contributed by atoms with E-state index in [1.165, 1.54) is 11.1 Å². The molecular weight excluding hydrogens is 480 g/mol. The number of anilines is 1. The number of carbonyl (C=O) groups is 1. The van der Waals surface area contributed by atoms with Gasteiger partial charge in [0.2, 0.25) is 5.91 Å². The van der Waals surface area contributed by atoms with Crippen LogP contribution < -0.4 is 4.90 Å². The molecule has 0 bridgehead atoms. The minimum Gasteiger partial charge on any atom is -0.353 e. The van der Waals surface area contributed by atoms with Gasteiger partial charge >= 0.3 is 0 Å². The molecule has 1 saturated heterocycles. The van der Waals surface area contributed by atoms with Crippen molar-refractivity contribution >= 4 is 23.3 Å². The fraction of sp³-hybridized carbons (Fsp3) is 0.258. The summed E-state index contributed by atoms with van der Waals surface area (Å²) in [6.45, 7) is 4.94. The van der Waals surface area contributed by atoms with Gasteiger partial charge in [-0.1, -0.05) is 84.4 Å². The van der Waals surface area contributed by atoms with Crippen LogP contribution in [0.5, 0.6) is 0 Å². The van der Waals surface area contributed by atoms with E-state index in [0.29, 0.717) is 19.5 Å². The van der Waals surface area contributed by atoms with Gasteiger partial charge in [0.05, 0.1) is 0 Å². The summed E-state index contributed by atoms with van der Waals surface area (Å²) in [6.07, 6.45) is 2.04. The molecule has 0 unspecified atom stereocenters. The number of nitrogens with zero attached hydrogens (tertiary/aromatic N) is 4. The van der Waals surface area contributed by atoms with Gasteiger partial charge < -0.3 is 9.80 Å². The highest BCUT2D eigenvalue weighted by molar-refractivity contribution is 6.30. The first-order chi connectivity index (χ1) is 18.1. The number of rotatable bonds is 7. The van der Waals surface area contributed by atoms with Crippen LogP contribution in [-0.2, 0) is 17.6 Å². The zero-order valence-electron chi connectivity index (χ0n) is 21.1. The second-order valence-corrected chi connectivity index (χ2v) is 9.89. The van der Waals surface area contributed by atoms with Crippen molar-refractivity contribution in [3.05, 3.63) is 112 Å². The zero-order valence-corrected chi connectivity index (χ0v) is 21.9. The van der Waals surface area contributed by atoms with Crippen molar-refractivity contribution in [1.29, 1.82) is 0 Å². The van der Waals surface area contributed by atoms with Gasteiger partial charge in [-0.15, -0.1) is 0 Å². The summed E-state index contributed by atoms with van der Waals surface area (Å²) in [5, 5.41) is 0.726. The zero-order chi connectivity index (χ0) is 25.6. The van der Waals surface area contributed by atoms with Crippen molar-refractivity contribution in [2.24, 2.45) is 0 Å². The number of carbonyl (C=O) groups excluding carboxylic acids is 1. The van der Waals surface area contributed by atoms with E-state index in [2.05, 4.69) is 36.1 Å². The largest absolute Gasteiger partial charge is 0.353 e. The number of benzene rings is 3. The van der Waals surface area contributed by atoms with E-state index in [-0.39, 0.29) is 5.91 Å². The quantitative estimate of drug-likeness (QED) is 0.307. The summed E-state index contributed by atoms with van der Waals surface area (Å²) < 4.78 is 0. The minimum atomic E-state index is 0.216. The van der Waals surface area contributed by atoms with Crippen LogP contribution in [0.25, 0.3) is 11.4 Å². The van der Waals surface area contributed by atoms with Crippen LogP contribution >= 0.6 is 11.6 Å². The van der Waals surface area contributed by atoms with Gasteiger partial charge in [0.25, 0.3) is 0 Å². The molecule has 3 aromatic carbocycles. The van der Waals surface area contributed by atoms with Crippen LogP contribution in [0.1, 0.15) is 28.8 Å². The molecule has 2 heterocycles. The molecule has 1 aromatic heterocycles. The number of aryl methyl sites for hydroxylation is 2. The predicted octanol–water partition coefficient (Wildman–Crippen LogP) is 5.98. The Balaban J connectivity index is 1.35. The molecule has 4 aromatic rings. The van der Waals surface area contributed by atoms with Crippen LogP contribution in [0.3, 0.4) is 0 Å². The van der Waals surface area contributed by atoms with E-state index in [9.17, 15) is 4.79 Å². The number of hydrogen-bond donors (Lipinski definition) is 0. The van der Waals surface area contributed by atoms with Gasteiger partial charge in [-0.2, -0.15) is 0 Å². The summed E-state index contributed by atoms with van der Waals surface area (Å²) in [5.41, 5.74) is 5.46. The fourth-order valence-electron chi connectivity index (χ4n) is 4.79. The van der Waals surface area contributed by atoms with E-state index in [0.717, 1.165) is 59.4 Å². The first kappa shape index (κ1) is 25.0. The van der Waals surface area contributed by atoms with Gasteiger partial charge in [0.15, 0.2) is 5.82 Å². The number of halogens is 1. The molecule has 1 aliphatic heterocycles. The predicted molar refractivity (Wildman–Crippen MR) is 150 cm³/mol. The Hall–Kier alpha value is -3.70. The Kier molecular flexibility index (Phi) is 7.81. The average Bonchev–Trinajstić information content (AvgIpc) is 2.95. The highest BCUT2D eigenvalue weighted by Crippen LogP contribution is 2.28. The second kappa shape index (κ2) is 11.6. The molecule has 1 amide bonds. The average molecular weight is 511 g/mol. The van der Waals surface area contributed by atoms with E-state index in [1.54, 1.807) is 0 Å². The maximum atomic E-state index is 12.9. The van der Waals surface area contributed by atoms with Crippen LogP contribution in [0.15, 0.2) is 84.9 Å². The van der Waals surface area contributed by atoms with Gasteiger partial charge in [-0.3, -0.25) is 4.79 Å². The van der Waals surface area contributed by atoms with Gasteiger partial charge in [0, 0.05) is 60.9 Å². The van der Waals surface area contributed by atoms with Crippen LogP contribution in [0, 0.1) is 6.92 Å². The highest BCUT2D eigenvalue weighted by atomic mass is 35.5. The lowest BCUT2D eigenvalue weighted by atomic mass is 10.0. The van der Waals surface area contributed by atoms with E-state index >= 15 is 0 Å². The fourth-order valence-corrected chi connectivity index (χ4v) is 4.92. The van der Waals surface area contributed by atoms with Crippen molar-refractivity contribution in [2.45, 2.75) is 26.2 Å². The lowest BCUT2D eigenvalue weighted by molar-refractivity contribution is -0.131. The Morgan fingerprint density at radius 2 is 1.46 bits per heavy atom. The SMILES string of the molecule is Cc1nc(-c2ccccc2)nc(N2CCN(C(=O)CCc3ccccc3)CC2)c1Cc1ccc(Cl)cc1. The summed E-state index contributed by atoms with van der Waals surface area (Å²) in [7, 11) is 0. The first-order valence-corrected chi connectivity index (χ1v) is 13.2. The van der Waals surface area contributed by atoms with E-state index in [4.69, 9.17) is 21.6 Å². The van der Waals surface area contributed by atoms with E-state index in [1.807, 2.05) is 65.6 Å². The normalized spacial score (nSPS) is 13.6. The molecule has 1 aliphatic rings. The molecule has 0 aliphatic carbocycles. The maximum absolute atomic E-state index is 12.9. The smallest absolute Gasteiger partial charge is 0.223 e. The minimum absolute atomic E-state index is 0.216. The molecule has 1 fully saturated rings. The Labute approximate surface area is 223 Å². The first-order valence-electron chi connectivity index (χ1n) is 12.8. The third kappa shape index (κ3) is 6.17. The summed E-state index contributed by atoms with van der Waals surface area (Å²) in [6, 6.07) is 28.3. The molecule has 37 heavy (non-hydrogen) atoms. The molecule has 5 nitrogen and oxygen atoms in total. The molecule has 0 radical (unpaired) electrons. The number of amides is 1. The van der Waals surface area contributed by atoms with Crippen LogP contribution in [0.2, 0.25) is 5.02 Å². The maximum Gasteiger partial charge on any atom is 0.223 e. The van der Waals surface area contributed by atoms with Crippen molar-refractivity contribution < 1.29 is 4.79 Å². The third-order valence-corrected chi connectivity index (χ3v) is 7.17. The Morgan fingerprint density at radius 3 is 2.14 bits per heavy atom. The van der Waals surface area contributed by atoms with Crippen molar-refractivity contribution in [1.82, 2.24) is 14.9 Å². The van der Waals surface area contributed by atoms with Crippen molar-refractivity contribution in [2.75, 3.05) is 31.1 Å². The lowest BCUT2D eigenvalue weighted by Crippen LogP contribution is -2.49. The van der Waals surface area contributed by atoms with E-state index < -0.39 is 0 Å². The molecule has 6 heteroatoms. The molecule has 0 atom stereocenters. The number of hydrogen-bond acceptors (Lipinski definition) is 4. The molecule has 0 N–H and O–H groups in total. The van der Waals surface area contributed by atoms with Crippen molar-refractivity contribution in [3.63, 3.8) is 0 Å². The van der Waals surface area contributed by atoms with Gasteiger partial charge in [0.1, 0.15) is 5.82 Å². The third-order valence-electron chi connectivity index (χ3n) is 6.92. The molecule has 0 saturated carbocycles. The van der Waals surface area contributed by atoms with Gasteiger partial charge in [-0.05, 0) is 36.6 Å². The monoisotopic (exact) mass is 510 g/mol. The lowest BCUT2D eigenvalue weighted by Gasteiger charge is -2.36. The topological polar surface area (TPSA) is 49.3 Å². The van der Waals surface area contributed by atoms with Gasteiger partial charge in [-0.25, -0.2) is 9.97 Å². The Morgan fingerprint density at radius 1 is 0.811 bits per heavy atom. The summed E-state index contributed by atoms with van der Waals surface area (Å²) in [4.78, 5) is 27.2. The van der Waals surface area contributed by atoms with Crippen LogP contribution in [0.4, 0.5) is 5.82 Å². The standard InChI is InChI=1S/C31H31ClN4O/c1-23-28(22-25-12-15-27(32)16-13-25)31(34-30(33-23)26-10-6-3-7-11-26)36-20-18-35(19-21-36)29(37)17-14-24-8-4-2-5-9-24/h2-13,15-16H,14,17-22H2,1H3. The van der Waals surface area contributed by atoms with Crippen LogP contribution in [-0.4, -0.2) is 47.0 Å². The Bertz CT molecular complexity index is 1340. The summed E-state index contributed by atoms with van der Waals surface area (Å²) in [5.74, 6) is 1.90. The highest BCUT2D eigenvalue weighted by Gasteiger charge is 2.25. The molecule has 188 valence electrons.